The molecule has 1 atom stereocenters. The van der Waals surface area contributed by atoms with Crippen molar-refractivity contribution >= 4 is 10.0 Å². The van der Waals surface area contributed by atoms with Crippen LogP contribution < -0.4 is 10.0 Å². The summed E-state index contributed by atoms with van der Waals surface area (Å²) in [5.41, 5.74) is 2.51. The monoisotopic (exact) mass is 282 g/mol. The molecule has 0 amide bonds. The Hall–Kier alpha value is -0.910. The second-order valence-electron chi connectivity index (χ2n) is 5.20. The second-order valence-corrected chi connectivity index (χ2v) is 7.25. The molecule has 1 fully saturated rings. The lowest BCUT2D eigenvalue weighted by Crippen LogP contribution is -2.32. The maximum atomic E-state index is 11.4. The Kier molecular flexibility index (Phi) is 4.60. The molecular formula is C14H22N2O2S. The standard InChI is InChI=1S/C14H22N2O2S/c1-11-3-5-12(6-4-11)14(13-7-8-13)16-9-10-19(17,18)15-2/h3-6,13-16H,7-10H2,1-2H3. The Morgan fingerprint density at radius 2 is 1.89 bits per heavy atom. The summed E-state index contributed by atoms with van der Waals surface area (Å²) in [4.78, 5) is 0. The van der Waals surface area contributed by atoms with Gasteiger partial charge >= 0.3 is 0 Å². The predicted octanol–water partition coefficient (Wildman–Crippen LogP) is 1.58. The summed E-state index contributed by atoms with van der Waals surface area (Å²) >= 11 is 0. The van der Waals surface area contributed by atoms with E-state index < -0.39 is 10.0 Å². The lowest BCUT2D eigenvalue weighted by atomic mass is 10.0. The van der Waals surface area contributed by atoms with Crippen molar-refractivity contribution < 1.29 is 8.42 Å². The fourth-order valence-electron chi connectivity index (χ4n) is 2.21. The molecule has 0 spiro atoms. The number of rotatable bonds is 7. The molecule has 0 aromatic heterocycles. The van der Waals surface area contributed by atoms with Crippen molar-refractivity contribution in [1.82, 2.24) is 10.0 Å². The fourth-order valence-corrected chi connectivity index (χ4v) is 2.80. The molecule has 0 heterocycles. The van der Waals surface area contributed by atoms with Gasteiger partial charge in [-0.3, -0.25) is 0 Å². The summed E-state index contributed by atoms with van der Waals surface area (Å²) in [5, 5.41) is 3.39. The topological polar surface area (TPSA) is 58.2 Å². The lowest BCUT2D eigenvalue weighted by molar-refractivity contribution is 0.493. The predicted molar refractivity (Wildman–Crippen MR) is 77.5 cm³/mol. The van der Waals surface area contributed by atoms with Crippen molar-refractivity contribution in [2.24, 2.45) is 5.92 Å². The molecule has 1 aromatic carbocycles. The maximum Gasteiger partial charge on any atom is 0.212 e. The summed E-state index contributed by atoms with van der Waals surface area (Å²) in [5.74, 6) is 0.776. The highest BCUT2D eigenvalue weighted by Gasteiger charge is 2.31. The van der Waals surface area contributed by atoms with Crippen LogP contribution in [-0.2, 0) is 10.0 Å². The van der Waals surface area contributed by atoms with Gasteiger partial charge in [0.05, 0.1) is 5.75 Å². The van der Waals surface area contributed by atoms with E-state index in [1.165, 1.54) is 31.0 Å². The van der Waals surface area contributed by atoms with E-state index >= 15 is 0 Å². The number of hydrogen-bond acceptors (Lipinski definition) is 3. The second kappa shape index (κ2) is 6.03. The van der Waals surface area contributed by atoms with Gasteiger partial charge in [0, 0.05) is 12.6 Å². The normalized spacial score (nSPS) is 17.4. The van der Waals surface area contributed by atoms with Gasteiger partial charge in [-0.1, -0.05) is 29.8 Å². The van der Waals surface area contributed by atoms with Crippen molar-refractivity contribution in [3.05, 3.63) is 35.4 Å². The molecule has 106 valence electrons. The van der Waals surface area contributed by atoms with Crippen LogP contribution in [0.1, 0.15) is 30.0 Å². The van der Waals surface area contributed by atoms with Gasteiger partial charge in [0.1, 0.15) is 0 Å². The van der Waals surface area contributed by atoms with Gasteiger partial charge in [0.2, 0.25) is 10.0 Å². The van der Waals surface area contributed by atoms with E-state index in [4.69, 9.17) is 0 Å². The first kappa shape index (κ1) is 14.5. The van der Waals surface area contributed by atoms with Crippen LogP contribution in [-0.4, -0.2) is 27.8 Å². The first-order chi connectivity index (χ1) is 9.02. The van der Waals surface area contributed by atoms with Crippen LogP contribution in [0.3, 0.4) is 0 Å². The average molecular weight is 282 g/mol. The molecule has 1 saturated carbocycles. The molecule has 1 unspecified atom stereocenters. The third-order valence-electron chi connectivity index (χ3n) is 3.58. The van der Waals surface area contributed by atoms with Crippen molar-refractivity contribution in [3.63, 3.8) is 0 Å². The zero-order valence-corrected chi connectivity index (χ0v) is 12.3. The van der Waals surface area contributed by atoms with Crippen LogP contribution in [0.5, 0.6) is 0 Å². The van der Waals surface area contributed by atoms with Crippen molar-refractivity contribution in [2.45, 2.75) is 25.8 Å². The van der Waals surface area contributed by atoms with E-state index in [0.717, 1.165) is 0 Å². The smallest absolute Gasteiger partial charge is 0.212 e. The highest BCUT2D eigenvalue weighted by molar-refractivity contribution is 7.89. The molecule has 0 aliphatic heterocycles. The number of aryl methyl sites for hydroxylation is 1. The number of nitrogens with one attached hydrogen (secondary N) is 2. The summed E-state index contributed by atoms with van der Waals surface area (Å²) in [6.45, 7) is 2.56. The highest BCUT2D eigenvalue weighted by atomic mass is 32.2. The van der Waals surface area contributed by atoms with Crippen LogP contribution in [0.2, 0.25) is 0 Å². The Morgan fingerprint density at radius 3 is 2.42 bits per heavy atom. The van der Waals surface area contributed by atoms with Gasteiger partial charge < -0.3 is 5.32 Å². The SMILES string of the molecule is CNS(=O)(=O)CCNC(c1ccc(C)cc1)C1CC1. The third kappa shape index (κ3) is 4.30. The third-order valence-corrected chi connectivity index (χ3v) is 4.94. The van der Waals surface area contributed by atoms with Gasteiger partial charge in [0.25, 0.3) is 0 Å². The molecule has 4 nitrogen and oxygen atoms in total. The molecule has 2 rings (SSSR count). The molecule has 1 aromatic rings. The fraction of sp³-hybridized carbons (Fsp3) is 0.571. The zero-order valence-electron chi connectivity index (χ0n) is 11.5. The Labute approximate surface area is 115 Å². The minimum atomic E-state index is -3.12. The summed E-state index contributed by atoms with van der Waals surface area (Å²) in [6.07, 6.45) is 2.45. The quantitative estimate of drug-likeness (QED) is 0.798. The Balaban J connectivity index is 1.96. The lowest BCUT2D eigenvalue weighted by Gasteiger charge is -2.19. The van der Waals surface area contributed by atoms with Crippen molar-refractivity contribution in [2.75, 3.05) is 19.3 Å². The van der Waals surface area contributed by atoms with Crippen molar-refractivity contribution in [1.29, 1.82) is 0 Å². The number of sulfonamides is 1. The molecule has 1 aliphatic carbocycles. The first-order valence-electron chi connectivity index (χ1n) is 6.73. The number of hydrogen-bond donors (Lipinski definition) is 2. The number of benzene rings is 1. The van der Waals surface area contributed by atoms with Crippen molar-refractivity contribution in [3.8, 4) is 0 Å². The van der Waals surface area contributed by atoms with Gasteiger partial charge in [-0.25, -0.2) is 13.1 Å². The van der Waals surface area contributed by atoms with E-state index in [9.17, 15) is 8.42 Å². The Bertz CT molecular complexity index is 507. The van der Waals surface area contributed by atoms with Gasteiger partial charge in [0.15, 0.2) is 0 Å². The van der Waals surface area contributed by atoms with Crippen LogP contribution in [0, 0.1) is 12.8 Å². The minimum absolute atomic E-state index is 0.124. The first-order valence-corrected chi connectivity index (χ1v) is 8.38. The maximum absolute atomic E-state index is 11.4. The highest BCUT2D eigenvalue weighted by Crippen LogP contribution is 2.40. The van der Waals surface area contributed by atoms with Gasteiger partial charge in [-0.15, -0.1) is 0 Å². The van der Waals surface area contributed by atoms with Crippen LogP contribution in [0.25, 0.3) is 0 Å². The zero-order chi connectivity index (χ0) is 13.9. The summed E-state index contributed by atoms with van der Waals surface area (Å²) in [6, 6.07) is 8.77. The molecule has 19 heavy (non-hydrogen) atoms. The van der Waals surface area contributed by atoms with E-state index in [-0.39, 0.29) is 11.8 Å². The van der Waals surface area contributed by atoms with Gasteiger partial charge in [-0.2, -0.15) is 0 Å². The molecule has 1 aliphatic rings. The molecule has 0 saturated heterocycles. The van der Waals surface area contributed by atoms with E-state index in [2.05, 4.69) is 41.2 Å². The van der Waals surface area contributed by atoms with Gasteiger partial charge in [-0.05, 0) is 38.3 Å². The van der Waals surface area contributed by atoms with E-state index in [1.807, 2.05) is 0 Å². The summed E-state index contributed by atoms with van der Waals surface area (Å²) < 4.78 is 25.1. The molecule has 0 radical (unpaired) electrons. The molecule has 5 heteroatoms. The van der Waals surface area contributed by atoms with Crippen LogP contribution >= 0.6 is 0 Å². The van der Waals surface area contributed by atoms with E-state index in [0.29, 0.717) is 12.5 Å². The van der Waals surface area contributed by atoms with E-state index in [1.54, 1.807) is 0 Å². The largest absolute Gasteiger partial charge is 0.309 e. The summed E-state index contributed by atoms with van der Waals surface area (Å²) in [7, 11) is -1.67. The minimum Gasteiger partial charge on any atom is -0.309 e. The molecular weight excluding hydrogens is 260 g/mol. The average Bonchev–Trinajstić information content (AvgIpc) is 3.20. The Morgan fingerprint density at radius 1 is 1.26 bits per heavy atom. The van der Waals surface area contributed by atoms with Crippen LogP contribution in [0.4, 0.5) is 0 Å². The molecule has 2 N–H and O–H groups in total. The van der Waals surface area contributed by atoms with Crippen LogP contribution in [0.15, 0.2) is 24.3 Å². The molecule has 0 bridgehead atoms.